The SMILES string of the molecule is Cc1cccnc1CNc1ccc2c(c1)C1(CC2)CCc2ccc(P(c3cc(C(C)(C)C)cc(C(C)(C)C)c3)c3cc(C(C)(C)C)cc(C(C)(C)C)c3)cc21. The first kappa shape index (κ1) is 39.5. The minimum absolute atomic E-state index is 0.0391. The van der Waals surface area contributed by atoms with Crippen molar-refractivity contribution in [3.63, 3.8) is 0 Å². The number of fused-ring (bicyclic) bond motifs is 4. The van der Waals surface area contributed by atoms with Gasteiger partial charge < -0.3 is 5.32 Å². The van der Waals surface area contributed by atoms with Gasteiger partial charge in [0.1, 0.15) is 0 Å². The lowest BCUT2D eigenvalue weighted by molar-refractivity contribution is 0.507. The van der Waals surface area contributed by atoms with Crippen LogP contribution >= 0.6 is 7.92 Å². The molecule has 0 saturated heterocycles. The molecule has 0 saturated carbocycles. The van der Waals surface area contributed by atoms with Crippen LogP contribution in [0.5, 0.6) is 0 Å². The van der Waals surface area contributed by atoms with Crippen LogP contribution in [0.4, 0.5) is 5.69 Å². The van der Waals surface area contributed by atoms with Crippen LogP contribution in [0.2, 0.25) is 0 Å². The number of pyridine rings is 1. The van der Waals surface area contributed by atoms with Crippen molar-refractivity contribution in [2.24, 2.45) is 0 Å². The van der Waals surface area contributed by atoms with E-state index < -0.39 is 7.92 Å². The molecule has 1 atom stereocenters. The lowest BCUT2D eigenvalue weighted by Crippen LogP contribution is -2.29. The predicted molar refractivity (Wildman–Crippen MR) is 240 cm³/mol. The number of hydrogen-bond donors (Lipinski definition) is 1. The topological polar surface area (TPSA) is 24.9 Å². The maximum absolute atomic E-state index is 4.66. The van der Waals surface area contributed by atoms with Gasteiger partial charge in [-0.2, -0.15) is 0 Å². The Morgan fingerprint density at radius 3 is 1.51 bits per heavy atom. The van der Waals surface area contributed by atoms with Crippen molar-refractivity contribution in [1.29, 1.82) is 0 Å². The Hall–Kier alpha value is -3.74. The summed E-state index contributed by atoms with van der Waals surface area (Å²) in [6.45, 7) is 31.3. The highest BCUT2D eigenvalue weighted by Gasteiger charge is 2.45. The molecule has 0 amide bonds. The summed E-state index contributed by atoms with van der Waals surface area (Å²) in [6.07, 6.45) is 6.54. The molecule has 1 spiro atoms. The van der Waals surface area contributed by atoms with E-state index in [9.17, 15) is 0 Å². The van der Waals surface area contributed by atoms with Crippen LogP contribution in [0.3, 0.4) is 0 Å². The molecule has 4 aromatic carbocycles. The normalized spacial score (nSPS) is 17.2. The minimum Gasteiger partial charge on any atom is -0.379 e. The molecular formula is C52H65N2P. The smallest absolute Gasteiger partial charge is 0.0623 e. The molecule has 0 radical (unpaired) electrons. The number of rotatable bonds is 6. The van der Waals surface area contributed by atoms with Gasteiger partial charge in [-0.25, -0.2) is 0 Å². The number of nitrogens with one attached hydrogen (secondary N) is 1. The first-order chi connectivity index (χ1) is 25.6. The van der Waals surface area contributed by atoms with Crippen LogP contribution in [-0.2, 0) is 46.5 Å². The lowest BCUT2D eigenvalue weighted by Gasteiger charge is -2.32. The van der Waals surface area contributed by atoms with E-state index >= 15 is 0 Å². The molecule has 2 aliphatic rings. The number of aromatic nitrogens is 1. The van der Waals surface area contributed by atoms with Gasteiger partial charge in [-0.3, -0.25) is 4.98 Å². The van der Waals surface area contributed by atoms with Crippen molar-refractivity contribution >= 4 is 29.5 Å². The van der Waals surface area contributed by atoms with Crippen LogP contribution in [-0.4, -0.2) is 4.98 Å². The van der Waals surface area contributed by atoms with E-state index in [1.807, 2.05) is 12.3 Å². The number of aryl methyl sites for hydroxylation is 3. The van der Waals surface area contributed by atoms with Gasteiger partial charge in [-0.1, -0.05) is 144 Å². The molecule has 288 valence electrons. The molecule has 2 nitrogen and oxygen atoms in total. The van der Waals surface area contributed by atoms with E-state index in [1.54, 1.807) is 5.56 Å². The fourth-order valence-corrected chi connectivity index (χ4v) is 11.2. The third-order valence-electron chi connectivity index (χ3n) is 12.5. The van der Waals surface area contributed by atoms with Crippen LogP contribution < -0.4 is 21.2 Å². The standard InChI is InChI=1S/C52H65N2P/c1-34-15-14-24-53-47(34)33-54-41-18-16-35-20-22-52(45(35)31-41)23-21-36-17-19-42(32-46(36)52)55(43-27-37(48(2,3)4)25-38(28-43)49(5,6)7)44-29-39(50(8,9)10)26-40(30-44)51(11,12)13/h14-19,24-32,54H,20-23,33H2,1-13H3. The van der Waals surface area contributed by atoms with Gasteiger partial charge in [0, 0.05) is 17.3 Å². The molecule has 55 heavy (non-hydrogen) atoms. The Morgan fingerprint density at radius 2 is 1.04 bits per heavy atom. The Morgan fingerprint density at radius 1 is 0.564 bits per heavy atom. The fraction of sp³-hybridized carbons (Fsp3) is 0.442. The van der Waals surface area contributed by atoms with Crippen molar-refractivity contribution in [2.75, 3.05) is 5.32 Å². The quantitative estimate of drug-likeness (QED) is 0.175. The first-order valence-electron chi connectivity index (χ1n) is 20.7. The Balaban J connectivity index is 1.41. The summed E-state index contributed by atoms with van der Waals surface area (Å²) in [4.78, 5) is 4.66. The Labute approximate surface area is 334 Å². The predicted octanol–water partition coefficient (Wildman–Crippen LogP) is 12.1. The molecule has 5 aromatic rings. The summed E-state index contributed by atoms with van der Waals surface area (Å²) in [6, 6.07) is 34.3. The van der Waals surface area contributed by atoms with Crippen molar-refractivity contribution in [2.45, 2.75) is 149 Å². The molecular weight excluding hydrogens is 684 g/mol. The number of nitrogens with zero attached hydrogens (tertiary/aromatic N) is 1. The summed E-state index contributed by atoms with van der Waals surface area (Å²) in [7, 11) is -0.865. The van der Waals surface area contributed by atoms with Crippen LogP contribution in [0.15, 0.2) is 91.1 Å². The Kier molecular flexibility index (Phi) is 10.1. The summed E-state index contributed by atoms with van der Waals surface area (Å²) < 4.78 is 0. The molecule has 0 aliphatic heterocycles. The minimum atomic E-state index is -0.865. The van der Waals surface area contributed by atoms with Gasteiger partial charge in [0.2, 0.25) is 0 Å². The third kappa shape index (κ3) is 7.83. The lowest BCUT2D eigenvalue weighted by atomic mass is 9.76. The summed E-state index contributed by atoms with van der Waals surface area (Å²) in [5.41, 5.74) is 15.6. The Bertz CT molecular complexity index is 2090. The maximum atomic E-state index is 4.66. The van der Waals surface area contributed by atoms with E-state index in [0.29, 0.717) is 0 Å². The highest BCUT2D eigenvalue weighted by molar-refractivity contribution is 7.79. The van der Waals surface area contributed by atoms with Crippen molar-refractivity contribution in [1.82, 2.24) is 4.98 Å². The zero-order chi connectivity index (χ0) is 39.7. The highest BCUT2D eigenvalue weighted by Crippen LogP contribution is 2.53. The zero-order valence-electron chi connectivity index (χ0n) is 36.1. The van der Waals surface area contributed by atoms with E-state index in [1.165, 1.54) is 79.0 Å². The van der Waals surface area contributed by atoms with Crippen molar-refractivity contribution in [3.05, 3.63) is 147 Å². The number of benzene rings is 4. The summed E-state index contributed by atoms with van der Waals surface area (Å²) >= 11 is 0. The monoisotopic (exact) mass is 748 g/mol. The molecule has 1 N–H and O–H groups in total. The van der Waals surface area contributed by atoms with Gasteiger partial charge in [0.25, 0.3) is 0 Å². The number of anilines is 1. The van der Waals surface area contributed by atoms with E-state index in [0.717, 1.165) is 25.1 Å². The molecule has 3 heteroatoms. The largest absolute Gasteiger partial charge is 0.379 e. The second-order valence-electron chi connectivity index (χ2n) is 20.8. The van der Waals surface area contributed by atoms with Gasteiger partial charge in [0.15, 0.2) is 0 Å². The summed E-state index contributed by atoms with van der Waals surface area (Å²) in [5.74, 6) is 0. The van der Waals surface area contributed by atoms with Crippen LogP contribution in [0.25, 0.3) is 0 Å². The molecule has 1 heterocycles. The number of hydrogen-bond acceptors (Lipinski definition) is 2. The molecule has 0 fully saturated rings. The molecule has 7 rings (SSSR count). The summed E-state index contributed by atoms with van der Waals surface area (Å²) in [5, 5.41) is 8.15. The van der Waals surface area contributed by atoms with Gasteiger partial charge >= 0.3 is 0 Å². The fourth-order valence-electron chi connectivity index (χ4n) is 8.77. The van der Waals surface area contributed by atoms with E-state index in [-0.39, 0.29) is 27.1 Å². The highest BCUT2D eigenvalue weighted by atomic mass is 31.1. The van der Waals surface area contributed by atoms with Crippen LogP contribution in [0, 0.1) is 6.92 Å². The molecule has 1 unspecified atom stereocenters. The average Bonchev–Trinajstić information content (AvgIpc) is 3.66. The van der Waals surface area contributed by atoms with E-state index in [2.05, 4.69) is 179 Å². The van der Waals surface area contributed by atoms with Crippen molar-refractivity contribution < 1.29 is 0 Å². The molecule has 2 aliphatic carbocycles. The third-order valence-corrected chi connectivity index (χ3v) is 14.9. The van der Waals surface area contributed by atoms with Gasteiger partial charge in [-0.05, 0) is 152 Å². The average molecular weight is 749 g/mol. The molecule has 1 aromatic heterocycles. The maximum Gasteiger partial charge on any atom is 0.0623 e. The molecule has 0 bridgehead atoms. The van der Waals surface area contributed by atoms with Gasteiger partial charge in [0.05, 0.1) is 12.2 Å². The second kappa shape index (κ2) is 14.0. The first-order valence-corrected chi connectivity index (χ1v) is 22.0. The van der Waals surface area contributed by atoms with E-state index in [4.69, 9.17) is 0 Å². The second-order valence-corrected chi connectivity index (χ2v) is 23.0. The van der Waals surface area contributed by atoms with Crippen molar-refractivity contribution in [3.8, 4) is 0 Å². The zero-order valence-corrected chi connectivity index (χ0v) is 37.0. The van der Waals surface area contributed by atoms with Gasteiger partial charge in [-0.15, -0.1) is 0 Å². The van der Waals surface area contributed by atoms with Crippen LogP contribution in [0.1, 0.15) is 152 Å².